The number of halogens is 2. The number of esters is 1. The van der Waals surface area contributed by atoms with Crippen LogP contribution in [0.3, 0.4) is 0 Å². The average molecular weight is 443 g/mol. The molecule has 0 unspecified atom stereocenters. The van der Waals surface area contributed by atoms with Gasteiger partial charge < -0.3 is 20.4 Å². The maximum Gasteiger partial charge on any atom is 0.328 e. The van der Waals surface area contributed by atoms with Crippen molar-refractivity contribution in [1.29, 1.82) is 0 Å². The fourth-order valence-electron chi connectivity index (χ4n) is 3.34. The van der Waals surface area contributed by atoms with Gasteiger partial charge in [0.25, 0.3) is 5.91 Å². The Balaban J connectivity index is 1.51. The lowest BCUT2D eigenvalue weighted by Crippen LogP contribution is -2.43. The van der Waals surface area contributed by atoms with Crippen LogP contribution in [0.25, 0.3) is 10.9 Å². The smallest absolute Gasteiger partial charge is 0.328 e. The molecular formula is C23H23F2N3O4. The number of H-pyrrole nitrogens is 1. The van der Waals surface area contributed by atoms with Gasteiger partial charge in [0.1, 0.15) is 17.7 Å². The molecule has 0 aliphatic carbocycles. The summed E-state index contributed by atoms with van der Waals surface area (Å²) in [6, 6.07) is 9.42. The molecule has 0 radical (unpaired) electrons. The molecule has 2 aromatic carbocycles. The first kappa shape index (κ1) is 22.9. The van der Waals surface area contributed by atoms with Gasteiger partial charge in [0, 0.05) is 42.6 Å². The molecule has 0 saturated carbocycles. The zero-order valence-corrected chi connectivity index (χ0v) is 17.4. The maximum atomic E-state index is 13.6. The van der Waals surface area contributed by atoms with Gasteiger partial charge in [-0.1, -0.05) is 18.2 Å². The van der Waals surface area contributed by atoms with Gasteiger partial charge in [-0.2, -0.15) is 0 Å². The van der Waals surface area contributed by atoms with Gasteiger partial charge in [-0.25, -0.2) is 13.6 Å². The number of carbonyl (C=O) groups is 3. The molecule has 0 fully saturated rings. The first-order valence-electron chi connectivity index (χ1n) is 10.0. The minimum atomic E-state index is -0.960. The number of hydrogen-bond acceptors (Lipinski definition) is 4. The van der Waals surface area contributed by atoms with E-state index in [4.69, 9.17) is 4.74 Å². The largest absolute Gasteiger partial charge is 0.467 e. The summed E-state index contributed by atoms with van der Waals surface area (Å²) >= 11 is 0. The molecule has 7 nitrogen and oxygen atoms in total. The lowest BCUT2D eigenvalue weighted by Gasteiger charge is -2.16. The van der Waals surface area contributed by atoms with Gasteiger partial charge in [-0.05, 0) is 30.2 Å². The van der Waals surface area contributed by atoms with Crippen LogP contribution in [0.4, 0.5) is 8.78 Å². The Morgan fingerprint density at radius 2 is 1.91 bits per heavy atom. The number of hydrogen-bond donors (Lipinski definition) is 3. The van der Waals surface area contributed by atoms with Crippen molar-refractivity contribution in [3.05, 3.63) is 71.4 Å². The number of nitrogens with one attached hydrogen (secondary N) is 3. The average Bonchev–Trinajstić information content (AvgIpc) is 3.18. The molecule has 1 aromatic heterocycles. The summed E-state index contributed by atoms with van der Waals surface area (Å²) in [7, 11) is 1.25. The summed E-state index contributed by atoms with van der Waals surface area (Å²) in [6.07, 6.45) is 2.34. The van der Waals surface area contributed by atoms with Crippen molar-refractivity contribution < 1.29 is 27.9 Å². The van der Waals surface area contributed by atoms with Crippen LogP contribution in [0.15, 0.2) is 48.7 Å². The number of aromatic nitrogens is 1. The van der Waals surface area contributed by atoms with Crippen molar-refractivity contribution in [2.75, 3.05) is 13.7 Å². The van der Waals surface area contributed by atoms with E-state index < -0.39 is 29.6 Å². The standard InChI is InChI=1S/C23H23F2N3O4/c1-32-23(31)20(11-14-13-27-19-6-3-2-5-16(14)19)28-21(29)7-4-10-26-22(30)17-9-8-15(24)12-18(17)25/h2-3,5-6,8-9,12-13,20,27H,4,7,10-11H2,1H3,(H,26,30)(H,28,29)/t20-/m1/s1. The van der Waals surface area contributed by atoms with Gasteiger partial charge in [0.05, 0.1) is 12.7 Å². The summed E-state index contributed by atoms with van der Waals surface area (Å²) < 4.78 is 31.4. The fourth-order valence-corrected chi connectivity index (χ4v) is 3.34. The van der Waals surface area contributed by atoms with Crippen LogP contribution in [0.5, 0.6) is 0 Å². The summed E-state index contributed by atoms with van der Waals surface area (Å²) in [5.74, 6) is -3.39. The van der Waals surface area contributed by atoms with Crippen LogP contribution in [0.1, 0.15) is 28.8 Å². The highest BCUT2D eigenvalue weighted by Crippen LogP contribution is 2.19. The van der Waals surface area contributed by atoms with Crippen molar-refractivity contribution in [3.63, 3.8) is 0 Å². The normalized spacial score (nSPS) is 11.7. The summed E-state index contributed by atoms with van der Waals surface area (Å²) in [6.45, 7) is 0.106. The number of amides is 2. The van der Waals surface area contributed by atoms with Crippen LogP contribution in [-0.4, -0.2) is 42.5 Å². The maximum absolute atomic E-state index is 13.6. The number of aromatic amines is 1. The Bertz CT molecular complexity index is 1130. The zero-order chi connectivity index (χ0) is 23.1. The Labute approximate surface area is 183 Å². The van der Waals surface area contributed by atoms with Crippen LogP contribution in [0.2, 0.25) is 0 Å². The van der Waals surface area contributed by atoms with Crippen molar-refractivity contribution >= 4 is 28.7 Å². The van der Waals surface area contributed by atoms with E-state index in [-0.39, 0.29) is 37.3 Å². The SMILES string of the molecule is COC(=O)[C@@H](Cc1c[nH]c2ccccc12)NC(=O)CCCNC(=O)c1ccc(F)cc1F. The second-order valence-electron chi connectivity index (χ2n) is 7.19. The van der Waals surface area contributed by atoms with Gasteiger partial charge >= 0.3 is 5.97 Å². The second kappa shape index (κ2) is 10.5. The molecule has 0 bridgehead atoms. The first-order valence-corrected chi connectivity index (χ1v) is 10.0. The van der Waals surface area contributed by atoms with Crippen molar-refractivity contribution in [2.45, 2.75) is 25.3 Å². The van der Waals surface area contributed by atoms with E-state index in [9.17, 15) is 23.2 Å². The van der Waals surface area contributed by atoms with E-state index in [0.717, 1.165) is 28.6 Å². The van der Waals surface area contributed by atoms with E-state index in [1.165, 1.54) is 7.11 Å². The molecule has 9 heteroatoms. The highest BCUT2D eigenvalue weighted by Gasteiger charge is 2.23. The third-order valence-corrected chi connectivity index (χ3v) is 4.96. The summed E-state index contributed by atoms with van der Waals surface area (Å²) in [4.78, 5) is 39.6. The molecule has 0 spiro atoms. The predicted octanol–water partition coefficient (Wildman–Crippen LogP) is 2.86. The van der Waals surface area contributed by atoms with Crippen LogP contribution >= 0.6 is 0 Å². The lowest BCUT2D eigenvalue weighted by atomic mass is 10.0. The molecule has 3 N–H and O–H groups in total. The van der Waals surface area contributed by atoms with E-state index in [2.05, 4.69) is 15.6 Å². The second-order valence-corrected chi connectivity index (χ2v) is 7.19. The molecule has 0 aliphatic rings. The lowest BCUT2D eigenvalue weighted by molar-refractivity contribution is -0.145. The van der Waals surface area contributed by atoms with E-state index in [1.807, 2.05) is 24.3 Å². The zero-order valence-electron chi connectivity index (χ0n) is 17.4. The Kier molecular flexibility index (Phi) is 7.54. The molecule has 32 heavy (non-hydrogen) atoms. The first-order chi connectivity index (χ1) is 15.4. The van der Waals surface area contributed by atoms with Gasteiger partial charge in [0.2, 0.25) is 5.91 Å². The molecule has 168 valence electrons. The fraction of sp³-hybridized carbons (Fsp3) is 0.261. The number of fused-ring (bicyclic) bond motifs is 1. The van der Waals surface area contributed by atoms with Crippen LogP contribution in [0, 0.1) is 11.6 Å². The van der Waals surface area contributed by atoms with Gasteiger partial charge in [-0.15, -0.1) is 0 Å². The molecule has 2 amide bonds. The third-order valence-electron chi connectivity index (χ3n) is 4.96. The summed E-state index contributed by atoms with van der Waals surface area (Å²) in [5.41, 5.74) is 1.51. The Morgan fingerprint density at radius 1 is 1.12 bits per heavy atom. The minimum Gasteiger partial charge on any atom is -0.467 e. The predicted molar refractivity (Wildman–Crippen MR) is 114 cm³/mol. The quantitative estimate of drug-likeness (QED) is 0.350. The van der Waals surface area contributed by atoms with Gasteiger partial charge in [0.15, 0.2) is 0 Å². The molecule has 0 saturated heterocycles. The number of carbonyl (C=O) groups excluding carboxylic acids is 3. The molecule has 3 aromatic rings. The monoisotopic (exact) mass is 443 g/mol. The van der Waals surface area contributed by atoms with E-state index >= 15 is 0 Å². The third kappa shape index (κ3) is 5.69. The number of rotatable bonds is 9. The van der Waals surface area contributed by atoms with Crippen molar-refractivity contribution in [2.24, 2.45) is 0 Å². The highest BCUT2D eigenvalue weighted by molar-refractivity contribution is 5.94. The van der Waals surface area contributed by atoms with Crippen LogP contribution in [-0.2, 0) is 20.7 Å². The topological polar surface area (TPSA) is 100 Å². The van der Waals surface area contributed by atoms with E-state index in [1.54, 1.807) is 6.20 Å². The summed E-state index contributed by atoms with van der Waals surface area (Å²) in [5, 5.41) is 6.10. The number of ether oxygens (including phenoxy) is 1. The molecule has 1 atom stereocenters. The van der Waals surface area contributed by atoms with Gasteiger partial charge in [-0.3, -0.25) is 9.59 Å². The molecular weight excluding hydrogens is 420 g/mol. The number of para-hydroxylation sites is 1. The Hall–Kier alpha value is -3.75. The molecule has 0 aliphatic heterocycles. The number of benzene rings is 2. The number of methoxy groups -OCH3 is 1. The minimum absolute atomic E-state index is 0.0353. The molecule has 1 heterocycles. The molecule has 3 rings (SSSR count). The van der Waals surface area contributed by atoms with Crippen molar-refractivity contribution in [3.8, 4) is 0 Å². The van der Waals surface area contributed by atoms with Crippen molar-refractivity contribution in [1.82, 2.24) is 15.6 Å². The Morgan fingerprint density at radius 3 is 2.66 bits per heavy atom. The van der Waals surface area contributed by atoms with Crippen LogP contribution < -0.4 is 10.6 Å². The van der Waals surface area contributed by atoms with E-state index in [0.29, 0.717) is 6.07 Å². The highest BCUT2D eigenvalue weighted by atomic mass is 19.1.